The number of hydrogen-bond acceptors (Lipinski definition) is 3. The Hall–Kier alpha value is -3.18. The van der Waals surface area contributed by atoms with Crippen molar-refractivity contribution in [3.05, 3.63) is 78.4 Å². The molecule has 4 nitrogen and oxygen atoms in total. The fourth-order valence-electron chi connectivity index (χ4n) is 3.23. The quantitative estimate of drug-likeness (QED) is 0.236. The number of thiocarbonyl (C=S) groups is 1. The van der Waals surface area contributed by atoms with E-state index in [4.69, 9.17) is 17.0 Å². The van der Waals surface area contributed by atoms with Crippen LogP contribution in [0.4, 0.5) is 5.69 Å². The van der Waals surface area contributed by atoms with Crippen LogP contribution in [0.25, 0.3) is 16.8 Å². The molecule has 0 aromatic heterocycles. The SMILES string of the molecule is CCCCCCOc1ccc(NC(=S)NC(=O)/C=C/c2cccc3ccccc23)cc1. The van der Waals surface area contributed by atoms with Gasteiger partial charge in [-0.2, -0.15) is 0 Å². The number of benzene rings is 3. The fourth-order valence-corrected chi connectivity index (χ4v) is 3.45. The predicted molar refractivity (Wildman–Crippen MR) is 133 cm³/mol. The molecule has 0 fully saturated rings. The zero-order chi connectivity index (χ0) is 21.9. The third-order valence-corrected chi connectivity index (χ3v) is 5.06. The molecule has 2 N–H and O–H groups in total. The molecule has 160 valence electrons. The van der Waals surface area contributed by atoms with Gasteiger partial charge in [0.25, 0.3) is 0 Å². The number of nitrogens with one attached hydrogen (secondary N) is 2. The number of amides is 1. The second-order valence-electron chi connectivity index (χ2n) is 7.28. The number of rotatable bonds is 9. The summed E-state index contributed by atoms with van der Waals surface area (Å²) in [5.74, 6) is 0.549. The van der Waals surface area contributed by atoms with Crippen LogP contribution in [-0.2, 0) is 4.79 Å². The van der Waals surface area contributed by atoms with Crippen LogP contribution in [-0.4, -0.2) is 17.6 Å². The minimum atomic E-state index is -0.280. The monoisotopic (exact) mass is 432 g/mol. The third-order valence-electron chi connectivity index (χ3n) is 4.85. The number of ether oxygens (including phenoxy) is 1. The van der Waals surface area contributed by atoms with Crippen LogP contribution in [0.1, 0.15) is 38.2 Å². The number of fused-ring (bicyclic) bond motifs is 1. The van der Waals surface area contributed by atoms with Gasteiger partial charge in [-0.05, 0) is 65.3 Å². The summed E-state index contributed by atoms with van der Waals surface area (Å²) < 4.78 is 5.74. The maximum atomic E-state index is 12.3. The second kappa shape index (κ2) is 11.9. The summed E-state index contributed by atoms with van der Waals surface area (Å²) >= 11 is 5.26. The minimum absolute atomic E-state index is 0.251. The van der Waals surface area contributed by atoms with Gasteiger partial charge in [0.2, 0.25) is 5.91 Å². The van der Waals surface area contributed by atoms with Gasteiger partial charge in [-0.3, -0.25) is 10.1 Å². The van der Waals surface area contributed by atoms with Gasteiger partial charge >= 0.3 is 0 Å². The number of unbranched alkanes of at least 4 members (excludes halogenated alkanes) is 3. The van der Waals surface area contributed by atoms with E-state index in [1.165, 1.54) is 25.3 Å². The Balaban J connectivity index is 1.47. The lowest BCUT2D eigenvalue weighted by atomic mass is 10.0. The maximum absolute atomic E-state index is 12.3. The molecule has 0 unspecified atom stereocenters. The van der Waals surface area contributed by atoms with Crippen LogP contribution in [0, 0.1) is 0 Å². The van der Waals surface area contributed by atoms with E-state index in [2.05, 4.69) is 29.7 Å². The molecule has 0 heterocycles. The van der Waals surface area contributed by atoms with E-state index in [1.807, 2.05) is 54.6 Å². The highest BCUT2D eigenvalue weighted by atomic mass is 32.1. The summed E-state index contributed by atoms with van der Waals surface area (Å²) in [6.07, 6.45) is 8.01. The van der Waals surface area contributed by atoms with Gasteiger partial charge in [0.15, 0.2) is 5.11 Å². The first-order valence-electron chi connectivity index (χ1n) is 10.7. The number of anilines is 1. The Morgan fingerprint density at radius 2 is 1.74 bits per heavy atom. The Morgan fingerprint density at radius 3 is 2.55 bits per heavy atom. The summed E-state index contributed by atoms with van der Waals surface area (Å²) in [4.78, 5) is 12.3. The van der Waals surface area contributed by atoms with Crippen LogP contribution in [0.3, 0.4) is 0 Å². The summed E-state index contributed by atoms with van der Waals surface area (Å²) in [6, 6.07) is 21.6. The fraction of sp³-hybridized carbons (Fsp3) is 0.231. The van der Waals surface area contributed by atoms with Crippen LogP contribution in [0.5, 0.6) is 5.75 Å². The Labute approximate surface area is 189 Å². The molecule has 0 aliphatic heterocycles. The first-order valence-corrected chi connectivity index (χ1v) is 11.1. The van der Waals surface area contributed by atoms with Crippen molar-refractivity contribution in [2.75, 3.05) is 11.9 Å². The zero-order valence-corrected chi connectivity index (χ0v) is 18.6. The molecule has 0 saturated carbocycles. The van der Waals surface area contributed by atoms with Gasteiger partial charge < -0.3 is 10.1 Å². The summed E-state index contributed by atoms with van der Waals surface area (Å²) in [6.45, 7) is 2.92. The van der Waals surface area contributed by atoms with E-state index in [0.29, 0.717) is 0 Å². The second-order valence-corrected chi connectivity index (χ2v) is 7.69. The molecule has 0 aliphatic carbocycles. The highest BCUT2D eigenvalue weighted by Crippen LogP contribution is 2.19. The molecule has 3 aromatic rings. The normalized spacial score (nSPS) is 10.9. The van der Waals surface area contributed by atoms with Crippen LogP contribution in [0.2, 0.25) is 0 Å². The largest absolute Gasteiger partial charge is 0.494 e. The van der Waals surface area contributed by atoms with E-state index < -0.39 is 0 Å². The van der Waals surface area contributed by atoms with Crippen LogP contribution >= 0.6 is 12.2 Å². The van der Waals surface area contributed by atoms with E-state index in [0.717, 1.165) is 40.8 Å². The van der Waals surface area contributed by atoms with E-state index in [-0.39, 0.29) is 11.0 Å². The zero-order valence-electron chi connectivity index (χ0n) is 17.8. The smallest absolute Gasteiger partial charge is 0.250 e. The minimum Gasteiger partial charge on any atom is -0.494 e. The highest BCUT2D eigenvalue weighted by Gasteiger charge is 2.03. The Morgan fingerprint density at radius 1 is 0.968 bits per heavy atom. The maximum Gasteiger partial charge on any atom is 0.250 e. The molecule has 3 rings (SSSR count). The van der Waals surface area contributed by atoms with Crippen molar-refractivity contribution < 1.29 is 9.53 Å². The topological polar surface area (TPSA) is 50.4 Å². The number of hydrogen-bond donors (Lipinski definition) is 2. The van der Waals surface area contributed by atoms with Crippen molar-refractivity contribution in [2.24, 2.45) is 0 Å². The Kier molecular flexibility index (Phi) is 8.61. The predicted octanol–water partition coefficient (Wildman–Crippen LogP) is 6.33. The molecule has 0 atom stereocenters. The van der Waals surface area contributed by atoms with Crippen molar-refractivity contribution in [1.82, 2.24) is 5.32 Å². The molecule has 0 aliphatic rings. The third kappa shape index (κ3) is 7.23. The average molecular weight is 433 g/mol. The first-order chi connectivity index (χ1) is 15.2. The van der Waals surface area contributed by atoms with Crippen LogP contribution < -0.4 is 15.4 Å². The molecule has 0 radical (unpaired) electrons. The molecule has 1 amide bonds. The molecule has 0 spiro atoms. The van der Waals surface area contributed by atoms with Crippen molar-refractivity contribution in [2.45, 2.75) is 32.6 Å². The molecular weight excluding hydrogens is 404 g/mol. The lowest BCUT2D eigenvalue weighted by molar-refractivity contribution is -0.115. The number of carbonyl (C=O) groups excluding carboxylic acids is 1. The molecule has 0 saturated heterocycles. The van der Waals surface area contributed by atoms with Crippen molar-refractivity contribution in [1.29, 1.82) is 0 Å². The van der Waals surface area contributed by atoms with Crippen molar-refractivity contribution >= 4 is 45.8 Å². The first kappa shape index (κ1) is 22.5. The summed E-state index contributed by atoms with van der Waals surface area (Å²) in [7, 11) is 0. The van der Waals surface area contributed by atoms with Gasteiger partial charge in [-0.1, -0.05) is 68.7 Å². The van der Waals surface area contributed by atoms with Gasteiger partial charge in [0, 0.05) is 11.8 Å². The summed E-state index contributed by atoms with van der Waals surface area (Å²) in [5.41, 5.74) is 1.78. The van der Waals surface area contributed by atoms with Gasteiger partial charge in [0.05, 0.1) is 6.61 Å². The van der Waals surface area contributed by atoms with Gasteiger partial charge in [0.1, 0.15) is 5.75 Å². The van der Waals surface area contributed by atoms with Crippen LogP contribution in [0.15, 0.2) is 72.8 Å². The molecule has 31 heavy (non-hydrogen) atoms. The Bertz CT molecular complexity index is 1040. The van der Waals surface area contributed by atoms with Gasteiger partial charge in [-0.25, -0.2) is 0 Å². The summed E-state index contributed by atoms with van der Waals surface area (Å²) in [5, 5.41) is 8.19. The van der Waals surface area contributed by atoms with Gasteiger partial charge in [-0.15, -0.1) is 0 Å². The standard InChI is InChI=1S/C26H28N2O2S/c1-2-3-4-7-19-30-23-16-14-22(15-17-23)27-26(31)28-25(29)18-13-21-11-8-10-20-9-5-6-12-24(20)21/h5-6,8-18H,2-4,7,19H2,1H3,(H2,27,28,29,31)/b18-13+. The van der Waals surface area contributed by atoms with Crippen molar-refractivity contribution in [3.8, 4) is 5.75 Å². The molecule has 0 bridgehead atoms. The van der Waals surface area contributed by atoms with E-state index >= 15 is 0 Å². The van der Waals surface area contributed by atoms with E-state index in [9.17, 15) is 4.79 Å². The van der Waals surface area contributed by atoms with E-state index in [1.54, 1.807) is 6.08 Å². The lowest BCUT2D eigenvalue weighted by Crippen LogP contribution is -2.32. The molecular formula is C26H28N2O2S. The van der Waals surface area contributed by atoms with Crippen molar-refractivity contribution in [3.63, 3.8) is 0 Å². The number of carbonyl (C=O) groups is 1. The average Bonchev–Trinajstić information content (AvgIpc) is 2.78. The highest BCUT2D eigenvalue weighted by molar-refractivity contribution is 7.80. The lowest BCUT2D eigenvalue weighted by Gasteiger charge is -2.10. The molecule has 5 heteroatoms. The molecule has 3 aromatic carbocycles.